The minimum Gasteiger partial charge on any atom is -0.396 e. The average molecular weight is 286 g/mol. The van der Waals surface area contributed by atoms with Crippen molar-refractivity contribution in [2.75, 3.05) is 6.61 Å². The van der Waals surface area contributed by atoms with E-state index in [1.807, 2.05) is 13.0 Å². The van der Waals surface area contributed by atoms with E-state index >= 15 is 0 Å². The fourth-order valence-electron chi connectivity index (χ4n) is 1.29. The molecule has 4 nitrogen and oxygen atoms in total. The first kappa shape index (κ1) is 17.8. The Bertz CT molecular complexity index is 449. The second-order valence-corrected chi connectivity index (χ2v) is 5.57. The van der Waals surface area contributed by atoms with Crippen molar-refractivity contribution in [1.82, 2.24) is 0 Å². The molecule has 0 atom stereocenters. The highest BCUT2D eigenvalue weighted by atomic mass is 32.2. The number of aliphatic hydroxyl groups is 1. The molecule has 0 heterocycles. The lowest BCUT2D eigenvalue weighted by Gasteiger charge is -1.95. The van der Waals surface area contributed by atoms with Crippen LogP contribution in [0, 0.1) is 6.92 Å². The maximum Gasteiger partial charge on any atom is 0.294 e. The van der Waals surface area contributed by atoms with Crippen LogP contribution in [0.1, 0.15) is 31.2 Å². The van der Waals surface area contributed by atoms with Gasteiger partial charge in [0.05, 0.1) is 4.90 Å². The lowest BCUT2D eigenvalue weighted by atomic mass is 10.2. The Kier molecular flexibility index (Phi) is 9.12. The molecule has 2 N–H and O–H groups in total. The number of benzene rings is 1. The number of unbranched alkanes of at least 4 members (excludes halogenated alkanes) is 3. The quantitative estimate of drug-likeness (QED) is 0.479. The monoisotopic (exact) mass is 286 g/mol. The second-order valence-electron chi connectivity index (χ2n) is 4.15. The van der Waals surface area contributed by atoms with Crippen molar-refractivity contribution in [2.24, 2.45) is 0 Å². The van der Waals surface area contributed by atoms with E-state index in [0.717, 1.165) is 24.8 Å². The first-order valence-electron chi connectivity index (χ1n) is 6.17. The van der Waals surface area contributed by atoms with E-state index in [4.69, 9.17) is 9.66 Å². The molecule has 0 fully saturated rings. The van der Waals surface area contributed by atoms with Gasteiger partial charge in [-0.15, -0.1) is 6.58 Å². The van der Waals surface area contributed by atoms with E-state index in [1.165, 1.54) is 18.6 Å². The van der Waals surface area contributed by atoms with E-state index < -0.39 is 10.1 Å². The average Bonchev–Trinajstić information content (AvgIpc) is 2.35. The van der Waals surface area contributed by atoms with Crippen LogP contribution in [0.3, 0.4) is 0 Å². The molecule has 108 valence electrons. The van der Waals surface area contributed by atoms with E-state index in [1.54, 1.807) is 12.1 Å². The maximum absolute atomic E-state index is 10.5. The van der Waals surface area contributed by atoms with Crippen LogP contribution in [0.25, 0.3) is 0 Å². The van der Waals surface area contributed by atoms with Gasteiger partial charge in [0.2, 0.25) is 0 Å². The number of allylic oxidation sites excluding steroid dienone is 1. The van der Waals surface area contributed by atoms with E-state index in [9.17, 15) is 8.42 Å². The predicted molar refractivity (Wildman–Crippen MR) is 76.7 cm³/mol. The molecule has 0 aromatic heterocycles. The minimum atomic E-state index is -4.02. The van der Waals surface area contributed by atoms with Gasteiger partial charge in [-0.1, -0.05) is 30.2 Å². The largest absolute Gasteiger partial charge is 0.396 e. The molecule has 0 aliphatic heterocycles. The van der Waals surface area contributed by atoms with Crippen molar-refractivity contribution in [2.45, 2.75) is 37.5 Å². The molecule has 1 rings (SSSR count). The standard InChI is InChI=1S/C7H8O3S.C7H14O/c1-6-2-4-7(5-3-6)11(8,9)10;1-2-3-4-5-6-7-8/h2-5H,1H3,(H,8,9,10);2,8H,1,3-7H2. The minimum absolute atomic E-state index is 0.0666. The van der Waals surface area contributed by atoms with Gasteiger partial charge in [0.15, 0.2) is 0 Å². The van der Waals surface area contributed by atoms with Crippen LogP contribution in [-0.4, -0.2) is 24.7 Å². The maximum atomic E-state index is 10.5. The molecule has 1 aromatic rings. The highest BCUT2D eigenvalue weighted by Crippen LogP contribution is 2.08. The van der Waals surface area contributed by atoms with Crippen LogP contribution in [0.4, 0.5) is 0 Å². The number of rotatable bonds is 6. The van der Waals surface area contributed by atoms with Gasteiger partial charge in [-0.25, -0.2) is 0 Å². The number of hydrogen-bond acceptors (Lipinski definition) is 3. The van der Waals surface area contributed by atoms with Gasteiger partial charge in [-0.3, -0.25) is 4.55 Å². The fraction of sp³-hybridized carbons (Fsp3) is 0.429. The molecule has 0 saturated carbocycles. The Morgan fingerprint density at radius 1 is 1.16 bits per heavy atom. The molecule has 0 saturated heterocycles. The summed E-state index contributed by atoms with van der Waals surface area (Å²) in [5, 5.41) is 8.34. The van der Waals surface area contributed by atoms with Gasteiger partial charge < -0.3 is 5.11 Å². The van der Waals surface area contributed by atoms with Gasteiger partial charge in [-0.2, -0.15) is 8.42 Å². The normalized spacial score (nSPS) is 10.5. The number of aryl methyl sites for hydroxylation is 1. The van der Waals surface area contributed by atoms with Crippen molar-refractivity contribution in [3.63, 3.8) is 0 Å². The lowest BCUT2D eigenvalue weighted by Crippen LogP contribution is -1.96. The Hall–Kier alpha value is -1.17. The smallest absolute Gasteiger partial charge is 0.294 e. The van der Waals surface area contributed by atoms with Crippen LogP contribution in [0.5, 0.6) is 0 Å². The molecule has 1 aromatic carbocycles. The van der Waals surface area contributed by atoms with Crippen molar-refractivity contribution in [3.8, 4) is 0 Å². The summed E-state index contributed by atoms with van der Waals surface area (Å²) in [7, 11) is -4.02. The summed E-state index contributed by atoms with van der Waals surface area (Å²) < 4.78 is 29.6. The van der Waals surface area contributed by atoms with Gasteiger partial charge in [0, 0.05) is 6.61 Å². The highest BCUT2D eigenvalue weighted by Gasteiger charge is 2.06. The third-order valence-corrected chi connectivity index (χ3v) is 3.25. The topological polar surface area (TPSA) is 74.6 Å². The van der Waals surface area contributed by atoms with Gasteiger partial charge in [-0.05, 0) is 38.3 Å². The summed E-state index contributed by atoms with van der Waals surface area (Å²) in [5.41, 5.74) is 0.956. The van der Waals surface area contributed by atoms with Crippen LogP contribution in [0.2, 0.25) is 0 Å². The van der Waals surface area contributed by atoms with Crippen LogP contribution in [0.15, 0.2) is 41.8 Å². The van der Waals surface area contributed by atoms with Crippen molar-refractivity contribution in [3.05, 3.63) is 42.5 Å². The Morgan fingerprint density at radius 2 is 1.74 bits per heavy atom. The number of aliphatic hydroxyl groups excluding tert-OH is 1. The Labute approximate surface area is 115 Å². The second kappa shape index (κ2) is 9.72. The van der Waals surface area contributed by atoms with Crippen molar-refractivity contribution in [1.29, 1.82) is 0 Å². The zero-order valence-electron chi connectivity index (χ0n) is 11.2. The lowest BCUT2D eigenvalue weighted by molar-refractivity contribution is 0.283. The third kappa shape index (κ3) is 9.41. The summed E-state index contributed by atoms with van der Waals surface area (Å²) in [6, 6.07) is 5.99. The van der Waals surface area contributed by atoms with E-state index in [2.05, 4.69) is 6.58 Å². The summed E-state index contributed by atoms with van der Waals surface area (Å²) in [5.74, 6) is 0. The van der Waals surface area contributed by atoms with E-state index in [-0.39, 0.29) is 4.90 Å². The summed E-state index contributed by atoms with van der Waals surface area (Å²) in [6.45, 7) is 5.77. The zero-order valence-corrected chi connectivity index (χ0v) is 12.1. The first-order chi connectivity index (χ1) is 8.91. The molecule has 5 heteroatoms. The fourth-order valence-corrected chi connectivity index (χ4v) is 1.77. The zero-order chi connectivity index (χ0) is 14.7. The van der Waals surface area contributed by atoms with Crippen LogP contribution in [-0.2, 0) is 10.1 Å². The molecule has 0 aliphatic rings. The molecule has 0 amide bonds. The molecule has 0 aliphatic carbocycles. The Balaban J connectivity index is 0.000000362. The van der Waals surface area contributed by atoms with Crippen LogP contribution < -0.4 is 0 Å². The molecule has 19 heavy (non-hydrogen) atoms. The summed E-state index contributed by atoms with van der Waals surface area (Å²) >= 11 is 0. The molecule has 0 bridgehead atoms. The molecule has 0 unspecified atom stereocenters. The predicted octanol–water partition coefficient (Wildman–Crippen LogP) is 2.97. The van der Waals surface area contributed by atoms with Gasteiger partial charge in [0.25, 0.3) is 10.1 Å². The van der Waals surface area contributed by atoms with Crippen molar-refractivity contribution < 1.29 is 18.1 Å². The highest BCUT2D eigenvalue weighted by molar-refractivity contribution is 7.85. The van der Waals surface area contributed by atoms with Gasteiger partial charge >= 0.3 is 0 Å². The molecular weight excluding hydrogens is 264 g/mol. The van der Waals surface area contributed by atoms with Crippen LogP contribution >= 0.6 is 0 Å². The summed E-state index contributed by atoms with van der Waals surface area (Å²) in [4.78, 5) is -0.0666. The molecule has 0 spiro atoms. The van der Waals surface area contributed by atoms with Gasteiger partial charge in [0.1, 0.15) is 0 Å². The van der Waals surface area contributed by atoms with Crippen molar-refractivity contribution >= 4 is 10.1 Å². The summed E-state index contributed by atoms with van der Waals surface area (Å²) in [6.07, 6.45) is 6.23. The third-order valence-electron chi connectivity index (χ3n) is 2.39. The Morgan fingerprint density at radius 3 is 2.16 bits per heavy atom. The number of hydrogen-bond donors (Lipinski definition) is 2. The SMILES string of the molecule is C=CCCCCCO.Cc1ccc(S(=O)(=O)O)cc1. The first-order valence-corrected chi connectivity index (χ1v) is 7.61. The van der Waals surface area contributed by atoms with E-state index in [0.29, 0.717) is 6.61 Å². The molecule has 0 radical (unpaired) electrons. The molecular formula is C14H22O4S.